The molecule has 0 aliphatic carbocycles. The molecule has 0 atom stereocenters. The number of rotatable bonds is 4. The molecule has 0 aromatic rings. The normalized spacial score (nSPS) is 9.25. The molecular formula is C3H19ClO8P2Sn2. The van der Waals surface area contributed by atoms with Crippen molar-refractivity contribution in [1.82, 2.24) is 0 Å². The Kier molecular flexibility index (Phi) is 34.3. The van der Waals surface area contributed by atoms with Crippen LogP contribution < -0.4 is 0 Å². The van der Waals surface area contributed by atoms with Crippen molar-refractivity contribution in [1.29, 1.82) is 0 Å². The van der Waals surface area contributed by atoms with Crippen LogP contribution in [-0.2, 0) is 9.13 Å². The van der Waals surface area contributed by atoms with Crippen molar-refractivity contribution in [3.8, 4) is 0 Å². The summed E-state index contributed by atoms with van der Waals surface area (Å²) in [6.07, 6.45) is -1.11. The van der Waals surface area contributed by atoms with E-state index in [1.165, 1.54) is 0 Å². The van der Waals surface area contributed by atoms with Gasteiger partial charge in [0.1, 0.15) is 0 Å². The van der Waals surface area contributed by atoms with Crippen LogP contribution in [0.5, 0.6) is 0 Å². The predicted octanol–water partition coefficient (Wildman–Crippen LogP) is -3.33. The number of halogens is 1. The summed E-state index contributed by atoms with van der Waals surface area (Å²) in [5.74, 6) is 0. The summed E-state index contributed by atoms with van der Waals surface area (Å²) in [6.45, 7) is 0. The first-order chi connectivity index (χ1) is 4.71. The van der Waals surface area contributed by atoms with E-state index in [-0.39, 0.29) is 77.6 Å². The van der Waals surface area contributed by atoms with E-state index in [9.17, 15) is 9.13 Å². The van der Waals surface area contributed by atoms with Crippen LogP contribution in [0.25, 0.3) is 0 Å². The fourth-order valence-corrected chi connectivity index (χ4v) is 1.87. The Morgan fingerprint density at radius 1 is 0.750 bits per heavy atom. The summed E-state index contributed by atoms with van der Waals surface area (Å²) < 4.78 is 20.3. The first-order valence-corrected chi connectivity index (χ1v) is 6.39. The molecule has 8 nitrogen and oxygen atoms in total. The first kappa shape index (κ1) is 36.2. The van der Waals surface area contributed by atoms with Crippen LogP contribution in [0.3, 0.4) is 0 Å². The van der Waals surface area contributed by atoms with Gasteiger partial charge in [-0.05, 0) is 6.42 Å². The van der Waals surface area contributed by atoms with Crippen molar-refractivity contribution in [2.24, 2.45) is 0 Å². The summed E-state index contributed by atoms with van der Waals surface area (Å²) in [5.41, 5.74) is 0. The monoisotopic (exact) mass is 520 g/mol. The Morgan fingerprint density at radius 3 is 1.06 bits per heavy atom. The number of hydrogen-bond acceptors (Lipinski definition) is 2. The number of hydrogen-bond donors (Lipinski definition) is 4. The molecule has 13 heteroatoms. The van der Waals surface area contributed by atoms with Gasteiger partial charge in [-0.3, -0.25) is 9.13 Å². The van der Waals surface area contributed by atoms with Crippen molar-refractivity contribution in [2.45, 2.75) is 6.42 Å². The molecule has 0 aromatic carbocycles. The third-order valence-corrected chi connectivity index (χ3v) is 2.70. The van der Waals surface area contributed by atoms with Gasteiger partial charge in [0.25, 0.3) is 0 Å². The van der Waals surface area contributed by atoms with Crippen LogP contribution in [0.15, 0.2) is 0 Å². The maximum absolute atomic E-state index is 10.2. The first-order valence-electron chi connectivity index (χ1n) is 2.80. The molecule has 0 unspecified atom stereocenters. The molecule has 0 aromatic heterocycles. The Balaban J connectivity index is -0.0000000500. The predicted molar refractivity (Wildman–Crippen MR) is 70.0 cm³/mol. The average molecular weight is 518 g/mol. The molecule has 0 fully saturated rings. The third-order valence-electron chi connectivity index (χ3n) is 0.899. The molecule has 0 saturated heterocycles. The quantitative estimate of drug-likeness (QED) is 0.224. The van der Waals surface area contributed by atoms with Crippen molar-refractivity contribution in [3.05, 3.63) is 0 Å². The van der Waals surface area contributed by atoms with Crippen molar-refractivity contribution >= 4 is 75.4 Å². The van der Waals surface area contributed by atoms with Crippen molar-refractivity contribution in [3.63, 3.8) is 0 Å². The fraction of sp³-hybridized carbons (Fsp3) is 1.00. The molecule has 0 spiro atoms. The standard InChI is InChI=1S/C3H10O6P2.ClH.2H2O.2Sn.4H/c4-10(5,6)2-1-3-11(7,8)9;;;;;;;;;/h1-3H2,(H2,4,5,6)(H2,7,8,9);1H;2*1H2;;;;;;. The maximum atomic E-state index is 10.2. The topological polar surface area (TPSA) is 178 Å². The molecule has 0 amide bonds. The molecule has 4 radical (unpaired) electrons. The third kappa shape index (κ3) is 36.0. The molecule has 0 aliphatic heterocycles. The summed E-state index contributed by atoms with van der Waals surface area (Å²) in [7, 11) is -8.19. The zero-order chi connectivity index (χ0) is 9.12. The van der Waals surface area contributed by atoms with Gasteiger partial charge in [-0.1, -0.05) is 0 Å². The summed E-state index contributed by atoms with van der Waals surface area (Å²) >= 11 is 0. The second-order valence-corrected chi connectivity index (χ2v) is 5.68. The van der Waals surface area contributed by atoms with Gasteiger partial charge in [0.2, 0.25) is 0 Å². The Bertz CT molecular complexity index is 193. The molecule has 104 valence electrons. The van der Waals surface area contributed by atoms with E-state index in [1.807, 2.05) is 0 Å². The van der Waals surface area contributed by atoms with Gasteiger partial charge >= 0.3 is 63.0 Å². The van der Waals surface area contributed by atoms with Gasteiger partial charge < -0.3 is 30.5 Å². The van der Waals surface area contributed by atoms with Crippen LogP contribution >= 0.6 is 27.6 Å². The van der Waals surface area contributed by atoms with E-state index in [0.29, 0.717) is 0 Å². The second kappa shape index (κ2) is 15.2. The van der Waals surface area contributed by atoms with Gasteiger partial charge in [-0.2, -0.15) is 0 Å². The van der Waals surface area contributed by atoms with Crippen molar-refractivity contribution < 1.29 is 39.7 Å². The van der Waals surface area contributed by atoms with E-state index in [4.69, 9.17) is 19.6 Å². The molecular weight excluding hydrogens is 499 g/mol. The second-order valence-electron chi connectivity index (χ2n) is 2.13. The van der Waals surface area contributed by atoms with Gasteiger partial charge in [0.15, 0.2) is 0 Å². The van der Waals surface area contributed by atoms with E-state index in [2.05, 4.69) is 0 Å². The minimum absolute atomic E-state index is 0. The van der Waals surface area contributed by atoms with Crippen LogP contribution in [-0.4, -0.2) is 90.7 Å². The van der Waals surface area contributed by atoms with Crippen molar-refractivity contribution in [2.75, 3.05) is 12.3 Å². The van der Waals surface area contributed by atoms with E-state index in [1.54, 1.807) is 0 Å². The fourth-order valence-electron chi connectivity index (χ4n) is 0.483. The molecule has 0 rings (SSSR count). The van der Waals surface area contributed by atoms with Gasteiger partial charge in [0, 0.05) is 0 Å². The van der Waals surface area contributed by atoms with E-state index < -0.39 is 27.5 Å². The van der Waals surface area contributed by atoms with Crippen LogP contribution in [0.4, 0.5) is 0 Å². The molecule has 0 bridgehead atoms. The average Bonchev–Trinajstić information content (AvgIpc) is 1.55. The molecule has 0 heterocycles. The zero-order valence-electron chi connectivity index (χ0n) is 8.44. The Hall–Kier alpha value is 2.11. The Labute approximate surface area is 133 Å². The molecule has 8 N–H and O–H groups in total. The zero-order valence-corrected chi connectivity index (χ0v) is 19.1. The van der Waals surface area contributed by atoms with E-state index >= 15 is 0 Å². The minimum atomic E-state index is -4.10. The van der Waals surface area contributed by atoms with Crippen LogP contribution in [0.1, 0.15) is 6.42 Å². The van der Waals surface area contributed by atoms with Crippen LogP contribution in [0, 0.1) is 0 Å². The van der Waals surface area contributed by atoms with Gasteiger partial charge in [-0.25, -0.2) is 0 Å². The summed E-state index contributed by atoms with van der Waals surface area (Å²) in [5, 5.41) is 0. The van der Waals surface area contributed by atoms with Gasteiger partial charge in [0.05, 0.1) is 12.3 Å². The summed E-state index contributed by atoms with van der Waals surface area (Å²) in [6, 6.07) is 0. The molecule has 0 saturated carbocycles. The van der Waals surface area contributed by atoms with E-state index in [0.717, 1.165) is 0 Å². The van der Waals surface area contributed by atoms with Gasteiger partial charge in [-0.15, -0.1) is 12.4 Å². The SMILES string of the molecule is Cl.O.O.O=P(O)(O)CCCP(=O)(O)O.[SnH2].[SnH2]. The Morgan fingerprint density at radius 2 is 0.938 bits per heavy atom. The molecule has 16 heavy (non-hydrogen) atoms. The molecule has 0 aliphatic rings. The summed E-state index contributed by atoms with van der Waals surface area (Å²) in [4.78, 5) is 33.1. The van der Waals surface area contributed by atoms with Crippen LogP contribution in [0.2, 0.25) is 0 Å².